The van der Waals surface area contributed by atoms with Crippen LogP contribution in [-0.4, -0.2) is 20.4 Å². The molecule has 0 bridgehead atoms. The van der Waals surface area contributed by atoms with Gasteiger partial charge in [0, 0.05) is 0 Å². The van der Waals surface area contributed by atoms with E-state index in [1.165, 1.54) is 0 Å². The largest absolute Gasteiger partial charge is 0.508 e. The number of phenols is 1. The molecule has 1 saturated heterocycles. The number of thioether (sulfide) groups is 1. The van der Waals surface area contributed by atoms with Crippen molar-refractivity contribution >= 4 is 17.3 Å². The lowest BCUT2D eigenvalue weighted by Gasteiger charge is -2.09. The molecule has 0 amide bonds. The quantitative estimate of drug-likeness (QED) is 0.709. The molecule has 1 aliphatic heterocycles. The summed E-state index contributed by atoms with van der Waals surface area (Å²) in [5.41, 5.74) is 2.17. The van der Waals surface area contributed by atoms with E-state index in [9.17, 15) is 10.2 Å². The Balaban J connectivity index is 1.93. The minimum Gasteiger partial charge on any atom is -0.508 e. The highest BCUT2D eigenvalue weighted by molar-refractivity contribution is 8.08. The Morgan fingerprint density at radius 3 is 2.60 bits per heavy atom. The van der Waals surface area contributed by atoms with Crippen LogP contribution in [0.4, 0.5) is 0 Å². The van der Waals surface area contributed by atoms with Crippen LogP contribution in [-0.2, 0) is 0 Å². The van der Waals surface area contributed by atoms with Gasteiger partial charge in [-0.15, -0.1) is 11.8 Å². The lowest BCUT2D eigenvalue weighted by molar-refractivity contribution is 0.229. The minimum atomic E-state index is -0.638. The third kappa shape index (κ3) is 1.48. The molecule has 3 heteroatoms. The van der Waals surface area contributed by atoms with E-state index in [0.717, 1.165) is 11.1 Å². The van der Waals surface area contributed by atoms with Crippen LogP contribution in [0.2, 0.25) is 0 Å². The second kappa shape index (κ2) is 2.90. The van der Waals surface area contributed by atoms with Crippen LogP contribution < -0.4 is 0 Å². The summed E-state index contributed by atoms with van der Waals surface area (Å²) in [7, 11) is 0. The predicted octanol–water partition coefficient (Wildman–Crippen LogP) is 2.15. The van der Waals surface area contributed by atoms with Gasteiger partial charge in [0.15, 0.2) is 0 Å². The number of fused-ring (bicyclic) bond motifs is 1. The van der Waals surface area contributed by atoms with E-state index in [0.29, 0.717) is 0 Å². The van der Waals surface area contributed by atoms with Crippen LogP contribution in [0, 0.1) is 0 Å². The Bertz CT molecular complexity index is 461. The van der Waals surface area contributed by atoms with Crippen LogP contribution in [0.25, 0.3) is 5.57 Å². The molecule has 2 nitrogen and oxygen atoms in total. The van der Waals surface area contributed by atoms with Crippen molar-refractivity contribution in [1.82, 2.24) is 0 Å². The molecule has 1 fully saturated rings. The minimum absolute atomic E-state index is 0.200. The van der Waals surface area contributed by atoms with Gasteiger partial charge in [-0.25, -0.2) is 0 Å². The molecule has 0 radical (unpaired) electrons. The summed E-state index contributed by atoms with van der Waals surface area (Å²) < 4.78 is 0. The topological polar surface area (TPSA) is 40.5 Å². The third-order valence-corrected chi connectivity index (χ3v) is 3.96. The Morgan fingerprint density at radius 2 is 1.93 bits per heavy atom. The van der Waals surface area contributed by atoms with Gasteiger partial charge in [-0.1, -0.05) is 24.3 Å². The lowest BCUT2D eigenvalue weighted by atomic mass is 9.98. The average Bonchev–Trinajstić information content (AvgIpc) is 2.89. The fourth-order valence-corrected chi connectivity index (χ4v) is 2.58. The molecule has 3 rings (SSSR count). The first kappa shape index (κ1) is 9.07. The summed E-state index contributed by atoms with van der Waals surface area (Å²) in [4.78, 5) is -0.638. The molecule has 2 atom stereocenters. The molecule has 1 heterocycles. The highest BCUT2D eigenvalue weighted by Gasteiger charge is 2.52. The van der Waals surface area contributed by atoms with Crippen molar-refractivity contribution in [2.24, 2.45) is 0 Å². The number of benzene rings is 1. The van der Waals surface area contributed by atoms with Crippen molar-refractivity contribution in [2.45, 2.75) is 10.2 Å². The fourth-order valence-electron chi connectivity index (χ4n) is 1.73. The number of aliphatic hydroxyl groups is 1. The van der Waals surface area contributed by atoms with Crippen LogP contribution in [0.1, 0.15) is 5.56 Å². The number of aromatic hydroxyl groups is 1. The molecular formula is C12H10O2S. The maximum absolute atomic E-state index is 9.75. The summed E-state index contributed by atoms with van der Waals surface area (Å²) >= 11 is 1.55. The zero-order chi connectivity index (χ0) is 10.5. The molecule has 0 aromatic heterocycles. The highest BCUT2D eigenvalue weighted by atomic mass is 32.2. The van der Waals surface area contributed by atoms with Crippen molar-refractivity contribution in [3.05, 3.63) is 48.1 Å². The Labute approximate surface area is 91.9 Å². The SMILES string of the molecule is Oc1ccc(C2=CC3SC3(O)C=C2)cc1. The van der Waals surface area contributed by atoms with Crippen LogP contribution in [0.3, 0.4) is 0 Å². The number of allylic oxidation sites excluding steroid dienone is 2. The molecular weight excluding hydrogens is 208 g/mol. The van der Waals surface area contributed by atoms with Crippen molar-refractivity contribution in [3.8, 4) is 5.75 Å². The van der Waals surface area contributed by atoms with Gasteiger partial charge in [-0.2, -0.15) is 0 Å². The Kier molecular flexibility index (Phi) is 1.75. The molecule has 2 unspecified atom stereocenters. The van der Waals surface area contributed by atoms with Crippen molar-refractivity contribution < 1.29 is 10.2 Å². The summed E-state index contributed by atoms with van der Waals surface area (Å²) in [6.07, 6.45) is 5.84. The Morgan fingerprint density at radius 1 is 1.20 bits per heavy atom. The van der Waals surface area contributed by atoms with Gasteiger partial charge in [0.2, 0.25) is 0 Å². The number of rotatable bonds is 1. The number of hydrogen-bond donors (Lipinski definition) is 2. The molecule has 2 N–H and O–H groups in total. The number of hydrogen-bond acceptors (Lipinski definition) is 3. The monoisotopic (exact) mass is 218 g/mol. The van der Waals surface area contributed by atoms with Crippen LogP contribution in [0.15, 0.2) is 42.5 Å². The fraction of sp³-hybridized carbons (Fsp3) is 0.167. The predicted molar refractivity (Wildman–Crippen MR) is 61.6 cm³/mol. The molecule has 1 aliphatic carbocycles. The molecule has 76 valence electrons. The normalized spacial score (nSPS) is 32.1. The maximum Gasteiger partial charge on any atom is 0.145 e. The second-order valence-electron chi connectivity index (χ2n) is 3.79. The second-order valence-corrected chi connectivity index (χ2v) is 5.19. The van der Waals surface area contributed by atoms with Gasteiger partial charge in [0.25, 0.3) is 0 Å². The van der Waals surface area contributed by atoms with Gasteiger partial charge in [-0.05, 0) is 29.3 Å². The molecule has 2 aliphatic rings. The highest BCUT2D eigenvalue weighted by Crippen LogP contribution is 2.56. The zero-order valence-electron chi connectivity index (χ0n) is 7.92. The molecule has 1 aromatic carbocycles. The van der Waals surface area contributed by atoms with E-state index < -0.39 is 4.93 Å². The standard InChI is InChI=1S/C12H10O2S/c13-10-3-1-8(2-4-10)9-5-6-12(14)11(7-9)15-12/h1-7,11,13-14H. The zero-order valence-corrected chi connectivity index (χ0v) is 8.74. The summed E-state index contributed by atoms with van der Waals surface area (Å²) in [5.74, 6) is 0.274. The van der Waals surface area contributed by atoms with Crippen molar-refractivity contribution in [2.75, 3.05) is 0 Å². The number of phenolic OH excluding ortho intramolecular Hbond substituents is 1. The van der Waals surface area contributed by atoms with Gasteiger partial charge in [-0.3, -0.25) is 0 Å². The van der Waals surface area contributed by atoms with Gasteiger partial charge in [0.1, 0.15) is 10.7 Å². The average molecular weight is 218 g/mol. The molecule has 15 heavy (non-hydrogen) atoms. The van der Waals surface area contributed by atoms with E-state index in [1.54, 1.807) is 23.9 Å². The van der Waals surface area contributed by atoms with E-state index in [2.05, 4.69) is 6.08 Å². The first-order chi connectivity index (χ1) is 7.17. The van der Waals surface area contributed by atoms with Crippen LogP contribution >= 0.6 is 11.8 Å². The Hall–Kier alpha value is -1.19. The lowest BCUT2D eigenvalue weighted by Crippen LogP contribution is -2.10. The smallest absolute Gasteiger partial charge is 0.145 e. The van der Waals surface area contributed by atoms with E-state index in [4.69, 9.17) is 0 Å². The molecule has 0 spiro atoms. The van der Waals surface area contributed by atoms with E-state index in [-0.39, 0.29) is 11.0 Å². The molecule has 0 saturated carbocycles. The summed E-state index contributed by atoms with van der Waals surface area (Å²) in [6.45, 7) is 0. The van der Waals surface area contributed by atoms with E-state index >= 15 is 0 Å². The summed E-state index contributed by atoms with van der Waals surface area (Å²) in [6, 6.07) is 7.10. The maximum atomic E-state index is 9.75. The first-order valence-electron chi connectivity index (χ1n) is 4.78. The van der Waals surface area contributed by atoms with Gasteiger partial charge >= 0.3 is 0 Å². The van der Waals surface area contributed by atoms with Crippen LogP contribution in [0.5, 0.6) is 5.75 Å². The van der Waals surface area contributed by atoms with Gasteiger partial charge in [0.05, 0.1) is 5.25 Å². The summed E-state index contributed by atoms with van der Waals surface area (Å²) in [5, 5.41) is 19.1. The van der Waals surface area contributed by atoms with Crippen molar-refractivity contribution in [1.29, 1.82) is 0 Å². The van der Waals surface area contributed by atoms with Gasteiger partial charge < -0.3 is 10.2 Å². The first-order valence-corrected chi connectivity index (χ1v) is 5.66. The van der Waals surface area contributed by atoms with Crippen molar-refractivity contribution in [3.63, 3.8) is 0 Å². The molecule has 1 aromatic rings. The third-order valence-electron chi connectivity index (χ3n) is 2.70. The van der Waals surface area contributed by atoms with E-state index in [1.807, 2.05) is 24.3 Å².